The van der Waals surface area contributed by atoms with Crippen LogP contribution in [0.25, 0.3) is 5.52 Å². The zero-order chi connectivity index (χ0) is 18.5. The number of nitrogens with two attached hydrogens (primary N) is 1. The van der Waals surface area contributed by atoms with Gasteiger partial charge in [0.25, 0.3) is 11.8 Å². The number of fused-ring (bicyclic) bond motifs is 1. The largest absolute Gasteiger partial charge is 0.365 e. The number of rotatable bonds is 3. The van der Waals surface area contributed by atoms with Crippen LogP contribution in [0.5, 0.6) is 0 Å². The highest BCUT2D eigenvalue weighted by Gasteiger charge is 2.45. The number of primary amides is 1. The second-order valence-corrected chi connectivity index (χ2v) is 6.40. The molecule has 134 valence electrons. The van der Waals surface area contributed by atoms with Crippen molar-refractivity contribution in [1.29, 1.82) is 0 Å². The van der Waals surface area contributed by atoms with E-state index < -0.39 is 36.7 Å². The number of alkyl halides is 2. The summed E-state index contributed by atoms with van der Waals surface area (Å²) in [6.45, 7) is -0.496. The van der Waals surface area contributed by atoms with Crippen LogP contribution in [-0.4, -0.2) is 28.0 Å². The van der Waals surface area contributed by atoms with Crippen molar-refractivity contribution in [1.82, 2.24) is 9.61 Å². The van der Waals surface area contributed by atoms with E-state index in [2.05, 4.69) is 5.10 Å². The maximum atomic E-state index is 14.2. The Labute approximate surface area is 146 Å². The summed E-state index contributed by atoms with van der Waals surface area (Å²) in [6.07, 6.45) is 2.50. The van der Waals surface area contributed by atoms with E-state index >= 15 is 0 Å². The molecule has 1 aromatic carbocycles. The average molecular weight is 360 g/mol. The van der Waals surface area contributed by atoms with Crippen LogP contribution in [0, 0.1) is 5.82 Å². The highest BCUT2D eigenvalue weighted by molar-refractivity contribution is 5.99. The Bertz CT molecular complexity index is 1000. The van der Waals surface area contributed by atoms with Crippen molar-refractivity contribution in [3.8, 4) is 0 Å². The van der Waals surface area contributed by atoms with E-state index in [4.69, 9.17) is 5.73 Å². The van der Waals surface area contributed by atoms with E-state index in [1.165, 1.54) is 33.8 Å². The van der Waals surface area contributed by atoms with Crippen LogP contribution in [0.2, 0.25) is 0 Å². The molecule has 2 N–H and O–H groups in total. The maximum absolute atomic E-state index is 14.2. The predicted molar refractivity (Wildman–Crippen MR) is 89.8 cm³/mol. The Hall–Kier alpha value is -3.03. The molecule has 26 heavy (non-hydrogen) atoms. The van der Waals surface area contributed by atoms with Gasteiger partial charge in [0.1, 0.15) is 5.82 Å². The van der Waals surface area contributed by atoms with Crippen molar-refractivity contribution >= 4 is 17.1 Å². The monoisotopic (exact) mass is 360 g/mol. The van der Waals surface area contributed by atoms with Crippen LogP contribution in [0.3, 0.4) is 0 Å². The second-order valence-electron chi connectivity index (χ2n) is 6.40. The number of hydrogen-bond donors (Lipinski definition) is 1. The Morgan fingerprint density at radius 2 is 2.08 bits per heavy atom. The fourth-order valence-corrected chi connectivity index (χ4v) is 3.44. The molecule has 0 spiro atoms. The summed E-state index contributed by atoms with van der Waals surface area (Å²) in [5.74, 6) is -4.03. The molecular weight excluding hydrogens is 345 g/mol. The van der Waals surface area contributed by atoms with E-state index in [9.17, 15) is 18.0 Å². The minimum absolute atomic E-state index is 0.208. The summed E-state index contributed by atoms with van der Waals surface area (Å²) >= 11 is 0. The smallest absolute Gasteiger partial charge is 0.267 e. The first-order chi connectivity index (χ1) is 12.3. The fraction of sp³-hybridized carbons (Fsp3) is 0.222. The van der Waals surface area contributed by atoms with Gasteiger partial charge in [0.15, 0.2) is 0 Å². The van der Waals surface area contributed by atoms with Crippen LogP contribution in [-0.2, 0) is 0 Å². The highest BCUT2D eigenvalue weighted by Crippen LogP contribution is 2.43. The van der Waals surface area contributed by atoms with Gasteiger partial charge in [0.2, 0.25) is 0 Å². The first-order valence-electron chi connectivity index (χ1n) is 8.01. The van der Waals surface area contributed by atoms with Crippen LogP contribution in [0.4, 0.5) is 18.9 Å². The quantitative estimate of drug-likeness (QED) is 0.780. The number of carbonyl (C=O) groups excluding carboxylic acids is 1. The summed E-state index contributed by atoms with van der Waals surface area (Å²) in [7, 11) is 0. The molecule has 4 rings (SSSR count). The predicted octanol–water partition coefficient (Wildman–Crippen LogP) is 3.16. The molecule has 3 aromatic rings. The molecule has 1 unspecified atom stereocenters. The van der Waals surface area contributed by atoms with Gasteiger partial charge in [0, 0.05) is 18.3 Å². The van der Waals surface area contributed by atoms with Crippen molar-refractivity contribution in [3.63, 3.8) is 0 Å². The normalized spacial score (nSPS) is 19.2. The summed E-state index contributed by atoms with van der Waals surface area (Å²) in [5.41, 5.74) is 6.95. The van der Waals surface area contributed by atoms with Gasteiger partial charge in [-0.25, -0.2) is 17.7 Å². The lowest BCUT2D eigenvalue weighted by molar-refractivity contribution is 0.0223. The minimum atomic E-state index is -2.91. The lowest BCUT2D eigenvalue weighted by Gasteiger charge is -2.26. The molecule has 0 aliphatic carbocycles. The van der Waals surface area contributed by atoms with Crippen LogP contribution < -0.4 is 10.6 Å². The lowest BCUT2D eigenvalue weighted by atomic mass is 10.0. The molecule has 0 saturated carbocycles. The third-order valence-electron chi connectivity index (χ3n) is 4.61. The SMILES string of the molecule is NC(=O)c1cnn2ccc(N3CC(F)(F)CC3c3cccc(F)c3)cc12. The molecular formula is C18H15F3N4O. The van der Waals surface area contributed by atoms with Crippen LogP contribution in [0.1, 0.15) is 28.4 Å². The zero-order valence-electron chi connectivity index (χ0n) is 13.6. The van der Waals surface area contributed by atoms with Gasteiger partial charge in [0.05, 0.1) is 29.9 Å². The van der Waals surface area contributed by atoms with Gasteiger partial charge >= 0.3 is 0 Å². The Morgan fingerprint density at radius 3 is 2.81 bits per heavy atom. The van der Waals surface area contributed by atoms with Crippen molar-refractivity contribution in [3.05, 3.63) is 65.7 Å². The van der Waals surface area contributed by atoms with Crippen LogP contribution >= 0.6 is 0 Å². The molecule has 8 heteroatoms. The third kappa shape index (κ3) is 2.77. The highest BCUT2D eigenvalue weighted by atomic mass is 19.3. The molecule has 2 aromatic heterocycles. The van der Waals surface area contributed by atoms with E-state index in [1.807, 2.05) is 0 Å². The average Bonchev–Trinajstić information content (AvgIpc) is 3.14. The number of pyridine rings is 1. The van der Waals surface area contributed by atoms with Crippen molar-refractivity contribution < 1.29 is 18.0 Å². The molecule has 1 aliphatic rings. The van der Waals surface area contributed by atoms with Crippen molar-refractivity contribution in [2.75, 3.05) is 11.4 Å². The van der Waals surface area contributed by atoms with Gasteiger partial charge in [-0.15, -0.1) is 0 Å². The molecule has 1 amide bonds. The molecule has 1 saturated heterocycles. The summed E-state index contributed by atoms with van der Waals surface area (Å²) in [5, 5.41) is 4.02. The molecule has 1 fully saturated rings. The number of aromatic nitrogens is 2. The van der Waals surface area contributed by atoms with E-state index in [1.54, 1.807) is 24.4 Å². The number of halogens is 3. The first kappa shape index (κ1) is 16.4. The number of carbonyl (C=O) groups is 1. The number of anilines is 1. The third-order valence-corrected chi connectivity index (χ3v) is 4.61. The minimum Gasteiger partial charge on any atom is -0.365 e. The topological polar surface area (TPSA) is 63.6 Å². The molecule has 3 heterocycles. The summed E-state index contributed by atoms with van der Waals surface area (Å²) in [4.78, 5) is 13.0. The Kier molecular flexibility index (Phi) is 3.64. The van der Waals surface area contributed by atoms with Crippen LogP contribution in [0.15, 0.2) is 48.8 Å². The molecule has 1 atom stereocenters. The first-order valence-corrected chi connectivity index (χ1v) is 8.01. The van der Waals surface area contributed by atoms with Gasteiger partial charge in [-0.1, -0.05) is 12.1 Å². The number of amides is 1. The van der Waals surface area contributed by atoms with Crippen molar-refractivity contribution in [2.45, 2.75) is 18.4 Å². The van der Waals surface area contributed by atoms with E-state index in [-0.39, 0.29) is 5.56 Å². The summed E-state index contributed by atoms with van der Waals surface area (Å²) < 4.78 is 43.3. The molecule has 0 radical (unpaired) electrons. The van der Waals surface area contributed by atoms with Crippen molar-refractivity contribution in [2.24, 2.45) is 5.73 Å². The maximum Gasteiger partial charge on any atom is 0.267 e. The van der Waals surface area contributed by atoms with Gasteiger partial charge in [-0.3, -0.25) is 4.79 Å². The Morgan fingerprint density at radius 1 is 1.27 bits per heavy atom. The number of benzene rings is 1. The molecule has 1 aliphatic heterocycles. The summed E-state index contributed by atoms with van der Waals surface area (Å²) in [6, 6.07) is 8.24. The Balaban J connectivity index is 1.80. The van der Waals surface area contributed by atoms with E-state index in [0.29, 0.717) is 16.8 Å². The molecule has 5 nitrogen and oxygen atoms in total. The van der Waals surface area contributed by atoms with Gasteiger partial charge in [-0.05, 0) is 29.8 Å². The molecule has 0 bridgehead atoms. The lowest BCUT2D eigenvalue weighted by Crippen LogP contribution is -2.26. The number of hydrogen-bond acceptors (Lipinski definition) is 3. The second kappa shape index (κ2) is 5.76. The van der Waals surface area contributed by atoms with Gasteiger partial charge in [-0.2, -0.15) is 5.10 Å². The zero-order valence-corrected chi connectivity index (χ0v) is 13.6. The number of nitrogens with zero attached hydrogens (tertiary/aromatic N) is 3. The van der Waals surface area contributed by atoms with E-state index in [0.717, 1.165) is 0 Å². The standard InChI is InChI=1S/C18H15F3N4O/c19-12-3-1-2-11(6-12)16-8-18(20,21)10-24(16)13-4-5-25-15(7-13)14(9-23-25)17(22)26/h1-7,9,16H,8,10H2,(H2,22,26). The fourth-order valence-electron chi connectivity index (χ4n) is 3.44. The van der Waals surface area contributed by atoms with Gasteiger partial charge < -0.3 is 10.6 Å².